The first kappa shape index (κ1) is 13.9. The van der Waals surface area contributed by atoms with Crippen molar-refractivity contribution in [2.24, 2.45) is 5.73 Å². The number of ether oxygens (including phenoxy) is 1. The number of esters is 1. The molecule has 0 bridgehead atoms. The van der Waals surface area contributed by atoms with E-state index in [1.165, 1.54) is 17.8 Å². The van der Waals surface area contributed by atoms with E-state index < -0.39 is 23.6 Å². The maximum atomic E-state index is 12.9. The highest BCUT2D eigenvalue weighted by Crippen LogP contribution is 2.20. The van der Waals surface area contributed by atoms with Gasteiger partial charge >= 0.3 is 5.97 Å². The van der Waals surface area contributed by atoms with E-state index in [0.29, 0.717) is 4.90 Å². The summed E-state index contributed by atoms with van der Waals surface area (Å²) in [7, 11) is 0. The van der Waals surface area contributed by atoms with E-state index in [-0.39, 0.29) is 12.4 Å². The molecule has 1 aromatic rings. The van der Waals surface area contributed by atoms with Gasteiger partial charge in [-0.15, -0.1) is 11.8 Å². The van der Waals surface area contributed by atoms with Gasteiger partial charge in [0, 0.05) is 10.6 Å². The summed E-state index contributed by atoms with van der Waals surface area (Å²) in [5, 5.41) is 0. The largest absolute Gasteiger partial charge is 0.465 e. The fourth-order valence-electron chi connectivity index (χ4n) is 1.07. The molecule has 0 spiro atoms. The van der Waals surface area contributed by atoms with E-state index in [0.717, 1.165) is 12.1 Å². The normalized spacial score (nSPS) is 12.2. The highest BCUT2D eigenvalue weighted by molar-refractivity contribution is 7.99. The molecule has 2 N–H and O–H groups in total. The van der Waals surface area contributed by atoms with Crippen LogP contribution in [-0.4, -0.2) is 24.4 Å². The van der Waals surface area contributed by atoms with Gasteiger partial charge in [0.15, 0.2) is 11.6 Å². The maximum absolute atomic E-state index is 12.9. The van der Waals surface area contributed by atoms with E-state index in [1.54, 1.807) is 6.92 Å². The van der Waals surface area contributed by atoms with Crippen LogP contribution in [0.4, 0.5) is 8.78 Å². The van der Waals surface area contributed by atoms with Crippen LogP contribution in [0.3, 0.4) is 0 Å². The Labute approximate surface area is 102 Å². The summed E-state index contributed by atoms with van der Waals surface area (Å²) in [6, 6.07) is 2.76. The van der Waals surface area contributed by atoms with Crippen LogP contribution in [0, 0.1) is 11.6 Å². The Bertz CT molecular complexity index is 401. The molecule has 94 valence electrons. The van der Waals surface area contributed by atoms with E-state index in [1.807, 2.05) is 0 Å². The van der Waals surface area contributed by atoms with Crippen LogP contribution in [0.5, 0.6) is 0 Å². The lowest BCUT2D eigenvalue weighted by molar-refractivity contribution is -0.144. The third-order valence-corrected chi connectivity index (χ3v) is 3.02. The van der Waals surface area contributed by atoms with Crippen LogP contribution in [0.25, 0.3) is 0 Å². The van der Waals surface area contributed by atoms with Crippen molar-refractivity contribution in [3.05, 3.63) is 29.8 Å². The SMILES string of the molecule is CCOC(=O)C(N)CSc1ccc(F)c(F)c1. The highest BCUT2D eigenvalue weighted by Gasteiger charge is 2.15. The summed E-state index contributed by atoms with van der Waals surface area (Å²) >= 11 is 1.17. The number of carbonyl (C=O) groups excluding carboxylic acids is 1. The summed E-state index contributed by atoms with van der Waals surface area (Å²) in [6.07, 6.45) is 0. The molecule has 0 radical (unpaired) electrons. The Morgan fingerprint density at radius 2 is 2.18 bits per heavy atom. The first-order valence-electron chi connectivity index (χ1n) is 5.04. The smallest absolute Gasteiger partial charge is 0.323 e. The van der Waals surface area contributed by atoms with Gasteiger partial charge in [0.2, 0.25) is 0 Å². The number of nitrogens with two attached hydrogens (primary N) is 1. The van der Waals surface area contributed by atoms with E-state index in [4.69, 9.17) is 10.5 Å². The zero-order valence-corrected chi connectivity index (χ0v) is 10.1. The molecule has 0 aromatic heterocycles. The van der Waals surface area contributed by atoms with Crippen molar-refractivity contribution >= 4 is 17.7 Å². The topological polar surface area (TPSA) is 52.3 Å². The third kappa shape index (κ3) is 4.32. The Morgan fingerprint density at radius 1 is 1.47 bits per heavy atom. The van der Waals surface area contributed by atoms with Gasteiger partial charge in [-0.3, -0.25) is 4.79 Å². The van der Waals surface area contributed by atoms with Gasteiger partial charge < -0.3 is 10.5 Å². The number of halogens is 2. The molecule has 0 saturated carbocycles. The van der Waals surface area contributed by atoms with Crippen LogP contribution in [0.15, 0.2) is 23.1 Å². The molecule has 0 saturated heterocycles. The first-order chi connectivity index (χ1) is 8.04. The zero-order chi connectivity index (χ0) is 12.8. The van der Waals surface area contributed by atoms with Crippen molar-refractivity contribution in [3.63, 3.8) is 0 Å². The molecular weight excluding hydrogens is 248 g/mol. The average Bonchev–Trinajstić information content (AvgIpc) is 2.30. The third-order valence-electron chi connectivity index (χ3n) is 1.91. The van der Waals surface area contributed by atoms with Crippen molar-refractivity contribution in [1.82, 2.24) is 0 Å². The lowest BCUT2D eigenvalue weighted by Gasteiger charge is -2.09. The van der Waals surface area contributed by atoms with Crippen LogP contribution in [-0.2, 0) is 9.53 Å². The lowest BCUT2D eigenvalue weighted by Crippen LogP contribution is -2.34. The quantitative estimate of drug-likeness (QED) is 0.650. The molecule has 1 rings (SSSR count). The van der Waals surface area contributed by atoms with E-state index in [9.17, 15) is 13.6 Å². The monoisotopic (exact) mass is 261 g/mol. The van der Waals surface area contributed by atoms with Crippen molar-refractivity contribution in [2.75, 3.05) is 12.4 Å². The summed E-state index contributed by atoms with van der Waals surface area (Å²) in [4.78, 5) is 11.7. The molecule has 0 fully saturated rings. The summed E-state index contributed by atoms with van der Waals surface area (Å²) in [6.45, 7) is 1.95. The molecule has 0 amide bonds. The minimum absolute atomic E-state index is 0.254. The van der Waals surface area contributed by atoms with E-state index >= 15 is 0 Å². The predicted octanol–water partition coefficient (Wildman–Crippen LogP) is 1.95. The zero-order valence-electron chi connectivity index (χ0n) is 9.28. The molecule has 17 heavy (non-hydrogen) atoms. The second kappa shape index (κ2) is 6.56. The number of carbonyl (C=O) groups is 1. The van der Waals surface area contributed by atoms with Crippen molar-refractivity contribution in [3.8, 4) is 0 Å². The lowest BCUT2D eigenvalue weighted by atomic mass is 10.3. The van der Waals surface area contributed by atoms with Gasteiger partial charge in [-0.1, -0.05) is 0 Å². The number of rotatable bonds is 5. The van der Waals surface area contributed by atoms with Gasteiger partial charge in [0.25, 0.3) is 0 Å². The van der Waals surface area contributed by atoms with Gasteiger partial charge in [0.1, 0.15) is 6.04 Å². The average molecular weight is 261 g/mol. The molecule has 0 aliphatic carbocycles. The fourth-order valence-corrected chi connectivity index (χ4v) is 1.93. The predicted molar refractivity (Wildman–Crippen MR) is 61.7 cm³/mol. The standard InChI is InChI=1S/C11H13F2NO2S/c1-2-16-11(15)10(14)6-17-7-3-4-8(12)9(13)5-7/h3-5,10H,2,6,14H2,1H3. The second-order valence-corrected chi connectivity index (χ2v) is 4.34. The molecule has 0 heterocycles. The second-order valence-electron chi connectivity index (χ2n) is 3.25. The minimum atomic E-state index is -0.917. The Balaban J connectivity index is 2.50. The molecule has 0 aliphatic rings. The molecule has 6 heteroatoms. The highest BCUT2D eigenvalue weighted by atomic mass is 32.2. The summed E-state index contributed by atoms with van der Waals surface area (Å²) < 4.78 is 30.2. The molecule has 1 atom stereocenters. The van der Waals surface area contributed by atoms with E-state index in [2.05, 4.69) is 0 Å². The van der Waals surface area contributed by atoms with Gasteiger partial charge in [0.05, 0.1) is 6.61 Å². The van der Waals surface area contributed by atoms with Crippen molar-refractivity contribution in [2.45, 2.75) is 17.9 Å². The maximum Gasteiger partial charge on any atom is 0.323 e. The van der Waals surface area contributed by atoms with Crippen molar-refractivity contribution < 1.29 is 18.3 Å². The molecule has 1 unspecified atom stereocenters. The first-order valence-corrected chi connectivity index (χ1v) is 6.03. The molecule has 1 aromatic carbocycles. The fraction of sp³-hybridized carbons (Fsp3) is 0.364. The summed E-state index contributed by atoms with van der Waals surface area (Å²) in [5.74, 6) is -2.06. The van der Waals surface area contributed by atoms with Crippen LogP contribution >= 0.6 is 11.8 Å². The number of hydrogen-bond acceptors (Lipinski definition) is 4. The minimum Gasteiger partial charge on any atom is -0.465 e. The molecular formula is C11H13F2NO2S. The van der Waals surface area contributed by atoms with Gasteiger partial charge in [-0.25, -0.2) is 8.78 Å². The summed E-state index contributed by atoms with van der Waals surface area (Å²) in [5.41, 5.74) is 5.56. The van der Waals surface area contributed by atoms with Gasteiger partial charge in [-0.05, 0) is 25.1 Å². The van der Waals surface area contributed by atoms with Gasteiger partial charge in [-0.2, -0.15) is 0 Å². The van der Waals surface area contributed by atoms with Crippen molar-refractivity contribution in [1.29, 1.82) is 0 Å². The van der Waals surface area contributed by atoms with Crippen LogP contribution in [0.2, 0.25) is 0 Å². The number of thioether (sulfide) groups is 1. The number of hydrogen-bond donors (Lipinski definition) is 1. The van der Waals surface area contributed by atoms with Crippen LogP contribution in [0.1, 0.15) is 6.92 Å². The molecule has 0 aliphatic heterocycles. The Morgan fingerprint density at radius 3 is 2.76 bits per heavy atom. The van der Waals surface area contributed by atoms with Crippen LogP contribution < -0.4 is 5.73 Å². The molecule has 3 nitrogen and oxygen atoms in total. The Kier molecular flexibility index (Phi) is 5.37. The Hall–Kier alpha value is -1.14. The number of benzene rings is 1.